The number of aliphatic hydroxyl groups excluding tert-OH is 1. The Balaban J connectivity index is 2.90. The van der Waals surface area contributed by atoms with Gasteiger partial charge in [-0.2, -0.15) is 0 Å². The summed E-state index contributed by atoms with van der Waals surface area (Å²) in [5, 5.41) is 10.1. The van der Waals surface area contributed by atoms with E-state index >= 15 is 0 Å². The first-order chi connectivity index (χ1) is 8.49. The van der Waals surface area contributed by atoms with Gasteiger partial charge in [0.15, 0.2) is 0 Å². The first-order valence-electron chi connectivity index (χ1n) is 5.89. The summed E-state index contributed by atoms with van der Waals surface area (Å²) >= 11 is 0. The van der Waals surface area contributed by atoms with E-state index < -0.39 is 6.10 Å². The lowest BCUT2D eigenvalue weighted by Gasteiger charge is -2.17. The van der Waals surface area contributed by atoms with Gasteiger partial charge in [-0.25, -0.2) is 0 Å². The van der Waals surface area contributed by atoms with Gasteiger partial charge >= 0.3 is 5.97 Å². The van der Waals surface area contributed by atoms with Crippen LogP contribution in [-0.4, -0.2) is 25.3 Å². The molecule has 0 saturated carbocycles. The predicted octanol–water partition coefficient (Wildman–Crippen LogP) is 2.30. The number of hydrogen-bond donors (Lipinski definition) is 1. The molecule has 1 N–H and O–H groups in total. The zero-order valence-corrected chi connectivity index (χ0v) is 11.3. The van der Waals surface area contributed by atoms with Gasteiger partial charge in [-0.05, 0) is 31.9 Å². The molecule has 0 radical (unpaired) electrons. The van der Waals surface area contributed by atoms with Crippen molar-refractivity contribution >= 4 is 5.97 Å². The largest absolute Gasteiger partial charge is 0.496 e. The average molecular weight is 252 g/mol. The maximum Gasteiger partial charge on any atom is 0.305 e. The number of aliphatic hydroxyl groups is 1. The van der Waals surface area contributed by atoms with Crippen LogP contribution in [0, 0.1) is 13.8 Å². The second-order valence-electron chi connectivity index (χ2n) is 4.33. The Labute approximate surface area is 108 Å². The van der Waals surface area contributed by atoms with Gasteiger partial charge in [0, 0.05) is 12.0 Å². The van der Waals surface area contributed by atoms with E-state index in [1.54, 1.807) is 7.11 Å². The lowest BCUT2D eigenvalue weighted by Crippen LogP contribution is -2.07. The van der Waals surface area contributed by atoms with E-state index in [-0.39, 0.29) is 12.4 Å². The fraction of sp³-hybridized carbons (Fsp3) is 0.500. The number of carbonyl (C=O) groups is 1. The summed E-state index contributed by atoms with van der Waals surface area (Å²) in [6.45, 7) is 3.89. The number of methoxy groups -OCH3 is 2. The van der Waals surface area contributed by atoms with Gasteiger partial charge < -0.3 is 14.6 Å². The smallest absolute Gasteiger partial charge is 0.305 e. The lowest BCUT2D eigenvalue weighted by atomic mass is 9.98. The second kappa shape index (κ2) is 6.40. The minimum Gasteiger partial charge on any atom is -0.496 e. The highest BCUT2D eigenvalue weighted by Crippen LogP contribution is 2.32. The van der Waals surface area contributed by atoms with E-state index in [0.29, 0.717) is 12.2 Å². The van der Waals surface area contributed by atoms with Crippen LogP contribution in [-0.2, 0) is 9.53 Å². The summed E-state index contributed by atoms with van der Waals surface area (Å²) < 4.78 is 9.87. The molecule has 1 atom stereocenters. The maximum absolute atomic E-state index is 11.1. The fourth-order valence-electron chi connectivity index (χ4n) is 2.03. The lowest BCUT2D eigenvalue weighted by molar-refractivity contribution is -0.141. The molecule has 0 spiro atoms. The van der Waals surface area contributed by atoms with Crippen molar-refractivity contribution in [1.82, 2.24) is 0 Å². The molecule has 4 nitrogen and oxygen atoms in total. The number of benzene rings is 1. The topological polar surface area (TPSA) is 55.8 Å². The molecule has 0 amide bonds. The molecule has 1 aromatic carbocycles. The van der Waals surface area contributed by atoms with E-state index in [9.17, 15) is 9.90 Å². The Bertz CT molecular complexity index is 426. The molecule has 0 aliphatic carbocycles. The standard InChI is InChI=1S/C14H20O4/c1-9-7-10(2)14(18-4)11(8-9)12(15)5-6-13(16)17-3/h7-8,12,15H,5-6H2,1-4H3. The summed E-state index contributed by atoms with van der Waals surface area (Å²) in [5.74, 6) is 0.357. The van der Waals surface area contributed by atoms with Crippen molar-refractivity contribution < 1.29 is 19.4 Å². The van der Waals surface area contributed by atoms with Crippen molar-refractivity contribution in [1.29, 1.82) is 0 Å². The van der Waals surface area contributed by atoms with Crippen molar-refractivity contribution in [3.63, 3.8) is 0 Å². The third kappa shape index (κ3) is 3.47. The molecule has 1 rings (SSSR count). The summed E-state index contributed by atoms with van der Waals surface area (Å²) in [6, 6.07) is 3.88. The van der Waals surface area contributed by atoms with Crippen LogP contribution in [0.4, 0.5) is 0 Å². The molecular weight excluding hydrogens is 232 g/mol. The number of esters is 1. The first-order valence-corrected chi connectivity index (χ1v) is 5.89. The van der Waals surface area contributed by atoms with Crippen molar-refractivity contribution in [2.75, 3.05) is 14.2 Å². The molecule has 0 aromatic heterocycles. The van der Waals surface area contributed by atoms with Gasteiger partial charge in [0.05, 0.1) is 20.3 Å². The first kappa shape index (κ1) is 14.5. The highest BCUT2D eigenvalue weighted by atomic mass is 16.5. The third-order valence-electron chi connectivity index (χ3n) is 2.86. The number of aryl methyl sites for hydroxylation is 2. The number of carbonyl (C=O) groups excluding carboxylic acids is 1. The quantitative estimate of drug-likeness (QED) is 0.817. The van der Waals surface area contributed by atoms with Gasteiger partial charge in [0.1, 0.15) is 5.75 Å². The van der Waals surface area contributed by atoms with Gasteiger partial charge in [-0.15, -0.1) is 0 Å². The van der Waals surface area contributed by atoms with Crippen LogP contribution in [0.1, 0.15) is 35.6 Å². The predicted molar refractivity (Wildman–Crippen MR) is 68.7 cm³/mol. The molecule has 1 unspecified atom stereocenters. The molecule has 100 valence electrons. The van der Waals surface area contributed by atoms with Crippen LogP contribution in [0.25, 0.3) is 0 Å². The van der Waals surface area contributed by atoms with Crippen LogP contribution in [0.5, 0.6) is 5.75 Å². The average Bonchev–Trinajstić information content (AvgIpc) is 2.34. The van der Waals surface area contributed by atoms with Crippen molar-refractivity contribution in [3.8, 4) is 5.75 Å². The van der Waals surface area contributed by atoms with Crippen molar-refractivity contribution in [2.45, 2.75) is 32.8 Å². The normalized spacial score (nSPS) is 12.1. The summed E-state index contributed by atoms with van der Waals surface area (Å²) in [5.41, 5.74) is 2.75. The van der Waals surface area contributed by atoms with Crippen LogP contribution < -0.4 is 4.74 Å². The number of rotatable bonds is 5. The number of ether oxygens (including phenoxy) is 2. The zero-order chi connectivity index (χ0) is 13.7. The van der Waals surface area contributed by atoms with Gasteiger partial charge in [-0.3, -0.25) is 4.79 Å². The summed E-state index contributed by atoms with van der Waals surface area (Å²) in [7, 11) is 2.92. The molecule has 0 saturated heterocycles. The molecular formula is C14H20O4. The van der Waals surface area contributed by atoms with E-state index in [1.807, 2.05) is 26.0 Å². The van der Waals surface area contributed by atoms with Gasteiger partial charge in [0.2, 0.25) is 0 Å². The molecule has 4 heteroatoms. The van der Waals surface area contributed by atoms with E-state index in [2.05, 4.69) is 4.74 Å². The molecule has 0 aliphatic rings. The highest BCUT2D eigenvalue weighted by molar-refractivity contribution is 5.69. The van der Waals surface area contributed by atoms with E-state index in [4.69, 9.17) is 4.74 Å². The van der Waals surface area contributed by atoms with Crippen LogP contribution in [0.15, 0.2) is 12.1 Å². The number of hydrogen-bond acceptors (Lipinski definition) is 4. The molecule has 0 aliphatic heterocycles. The molecule has 0 fully saturated rings. The Morgan fingerprint density at radius 1 is 1.33 bits per heavy atom. The molecule has 1 aromatic rings. The second-order valence-corrected chi connectivity index (χ2v) is 4.33. The van der Waals surface area contributed by atoms with E-state index in [1.165, 1.54) is 7.11 Å². The van der Waals surface area contributed by atoms with Crippen LogP contribution in [0.2, 0.25) is 0 Å². The Hall–Kier alpha value is -1.55. The SMILES string of the molecule is COC(=O)CCC(O)c1cc(C)cc(C)c1OC. The minimum absolute atomic E-state index is 0.188. The third-order valence-corrected chi connectivity index (χ3v) is 2.86. The Kier molecular flexibility index (Phi) is 5.16. The fourth-order valence-corrected chi connectivity index (χ4v) is 2.03. The summed E-state index contributed by atoms with van der Waals surface area (Å²) in [6.07, 6.45) is -0.211. The van der Waals surface area contributed by atoms with Crippen LogP contribution >= 0.6 is 0 Å². The van der Waals surface area contributed by atoms with Gasteiger partial charge in [0.25, 0.3) is 0 Å². The molecule has 0 bridgehead atoms. The monoisotopic (exact) mass is 252 g/mol. The Morgan fingerprint density at radius 2 is 2.00 bits per heavy atom. The van der Waals surface area contributed by atoms with Crippen molar-refractivity contribution in [3.05, 3.63) is 28.8 Å². The Morgan fingerprint density at radius 3 is 2.56 bits per heavy atom. The maximum atomic E-state index is 11.1. The van der Waals surface area contributed by atoms with Crippen LogP contribution in [0.3, 0.4) is 0 Å². The molecule has 0 heterocycles. The van der Waals surface area contributed by atoms with E-state index in [0.717, 1.165) is 16.7 Å². The summed E-state index contributed by atoms with van der Waals surface area (Å²) in [4.78, 5) is 11.1. The van der Waals surface area contributed by atoms with Crippen molar-refractivity contribution in [2.24, 2.45) is 0 Å². The zero-order valence-electron chi connectivity index (χ0n) is 11.3. The molecule has 18 heavy (non-hydrogen) atoms. The van der Waals surface area contributed by atoms with Gasteiger partial charge in [-0.1, -0.05) is 11.6 Å². The highest BCUT2D eigenvalue weighted by Gasteiger charge is 2.17. The minimum atomic E-state index is -0.724.